The number of hydrogen-bond acceptors (Lipinski definition) is 7. The number of aliphatic hydroxyl groups is 2. The molecule has 0 aliphatic heterocycles. The lowest BCUT2D eigenvalue weighted by Crippen LogP contribution is -2.43. The van der Waals surface area contributed by atoms with Crippen molar-refractivity contribution in [2.24, 2.45) is 0 Å². The van der Waals surface area contributed by atoms with Crippen molar-refractivity contribution in [1.29, 1.82) is 0 Å². The molecule has 1 aromatic carbocycles. The molecular weight excluding hydrogens is 434 g/mol. The molecule has 0 saturated carbocycles. The molecule has 34 heavy (non-hydrogen) atoms. The van der Waals surface area contributed by atoms with E-state index < -0.39 is 12.7 Å². The third-order valence-electron chi connectivity index (χ3n) is 5.74. The van der Waals surface area contributed by atoms with Gasteiger partial charge in [0.05, 0.1) is 24.8 Å². The van der Waals surface area contributed by atoms with E-state index in [0.717, 1.165) is 24.0 Å². The van der Waals surface area contributed by atoms with Gasteiger partial charge in [0, 0.05) is 25.7 Å². The summed E-state index contributed by atoms with van der Waals surface area (Å²) in [6.07, 6.45) is 1.48. The highest BCUT2D eigenvalue weighted by molar-refractivity contribution is 5.83. The lowest BCUT2D eigenvalue weighted by Gasteiger charge is -2.28. The predicted octanol–water partition coefficient (Wildman–Crippen LogP) is 2.57. The Morgan fingerprint density at radius 1 is 1.24 bits per heavy atom. The molecule has 2 atom stereocenters. The lowest BCUT2D eigenvalue weighted by atomic mass is 9.89. The van der Waals surface area contributed by atoms with Crippen LogP contribution in [0.5, 0.6) is 5.75 Å². The van der Waals surface area contributed by atoms with Gasteiger partial charge in [0.25, 0.3) is 0 Å². The first-order valence-corrected chi connectivity index (χ1v) is 11.8. The highest BCUT2D eigenvalue weighted by atomic mass is 16.5. The topological polar surface area (TPSA) is 124 Å². The Morgan fingerprint density at radius 3 is 2.68 bits per heavy atom. The largest absolute Gasteiger partial charge is 0.506 e. The highest BCUT2D eigenvalue weighted by Gasteiger charge is 2.23. The minimum absolute atomic E-state index is 0.0141. The van der Waals surface area contributed by atoms with Crippen LogP contribution in [0.25, 0.3) is 0 Å². The fourth-order valence-electron chi connectivity index (χ4n) is 3.92. The monoisotopic (exact) mass is 473 g/mol. The maximum Gasteiger partial charge on any atom is 0.227 e. The highest BCUT2D eigenvalue weighted by Crippen LogP contribution is 2.25. The number of methoxy groups -OCH3 is 1. The van der Waals surface area contributed by atoms with Gasteiger partial charge in [-0.15, -0.1) is 0 Å². The van der Waals surface area contributed by atoms with Crippen molar-refractivity contribution in [1.82, 2.24) is 15.6 Å². The third kappa shape index (κ3) is 8.36. The second kappa shape index (κ2) is 13.4. The molecule has 5 N–H and O–H groups in total. The van der Waals surface area contributed by atoms with Gasteiger partial charge in [-0.3, -0.25) is 4.79 Å². The zero-order chi connectivity index (χ0) is 25.1. The number of aromatic hydroxyl groups is 1. The molecule has 2 rings (SSSR count). The van der Waals surface area contributed by atoms with E-state index >= 15 is 0 Å². The lowest BCUT2D eigenvalue weighted by molar-refractivity contribution is -0.122. The average molecular weight is 474 g/mol. The Hall–Kier alpha value is -2.52. The molecule has 0 saturated heterocycles. The van der Waals surface area contributed by atoms with Crippen LogP contribution in [0.1, 0.15) is 68.1 Å². The number of hydrogen-bond donors (Lipinski definition) is 5. The maximum atomic E-state index is 12.7. The quantitative estimate of drug-likeness (QED) is 0.267. The van der Waals surface area contributed by atoms with Crippen molar-refractivity contribution >= 4 is 5.91 Å². The molecule has 0 bridgehead atoms. The van der Waals surface area contributed by atoms with Crippen LogP contribution in [-0.4, -0.2) is 58.6 Å². The van der Waals surface area contributed by atoms with E-state index in [0.29, 0.717) is 25.3 Å². The van der Waals surface area contributed by atoms with Crippen molar-refractivity contribution in [3.8, 4) is 5.75 Å². The Labute approximate surface area is 202 Å². The second-order valence-corrected chi connectivity index (χ2v) is 9.19. The summed E-state index contributed by atoms with van der Waals surface area (Å²) in [7, 11) is 1.61. The molecule has 1 aromatic heterocycles. The van der Waals surface area contributed by atoms with E-state index in [9.17, 15) is 20.1 Å². The molecule has 0 spiro atoms. The number of carbonyl (C=O) groups is 1. The van der Waals surface area contributed by atoms with Gasteiger partial charge in [-0.1, -0.05) is 37.6 Å². The fraction of sp³-hybridized carbons (Fsp3) is 0.538. The van der Waals surface area contributed by atoms with E-state index in [-0.39, 0.29) is 35.4 Å². The summed E-state index contributed by atoms with van der Waals surface area (Å²) >= 11 is 0. The number of nitrogens with one attached hydrogen (secondary N) is 2. The molecule has 0 fully saturated rings. The smallest absolute Gasteiger partial charge is 0.227 e. The predicted molar refractivity (Wildman–Crippen MR) is 132 cm³/mol. The molecule has 0 aliphatic carbocycles. The SMILES string of the molecule is CCCC(C(=O)NCCOC)c1cccc(CC(C)(C)NCC(O)c2ccc(O)c(CO)n2)c1. The van der Waals surface area contributed by atoms with Crippen LogP contribution in [-0.2, 0) is 22.6 Å². The summed E-state index contributed by atoms with van der Waals surface area (Å²) in [4.78, 5) is 16.9. The van der Waals surface area contributed by atoms with Crippen LogP contribution in [0.3, 0.4) is 0 Å². The first-order valence-electron chi connectivity index (χ1n) is 11.8. The molecule has 0 aliphatic rings. The fourth-order valence-corrected chi connectivity index (χ4v) is 3.92. The number of nitrogens with zero attached hydrogens (tertiary/aromatic N) is 1. The van der Waals surface area contributed by atoms with Crippen LogP contribution >= 0.6 is 0 Å². The Balaban J connectivity index is 2.04. The van der Waals surface area contributed by atoms with Crippen molar-refractivity contribution in [3.63, 3.8) is 0 Å². The van der Waals surface area contributed by atoms with Gasteiger partial charge < -0.3 is 30.7 Å². The Bertz CT molecular complexity index is 919. The van der Waals surface area contributed by atoms with E-state index in [2.05, 4.69) is 42.5 Å². The molecular formula is C26H39N3O5. The van der Waals surface area contributed by atoms with Gasteiger partial charge in [-0.25, -0.2) is 4.98 Å². The number of amides is 1. The number of ether oxygens (including phenoxy) is 1. The molecule has 2 aromatic rings. The second-order valence-electron chi connectivity index (χ2n) is 9.19. The van der Waals surface area contributed by atoms with Crippen molar-refractivity contribution in [2.45, 2.75) is 64.2 Å². The number of pyridine rings is 1. The summed E-state index contributed by atoms with van der Waals surface area (Å²) in [6.45, 7) is 7.01. The molecule has 2 unspecified atom stereocenters. The van der Waals surface area contributed by atoms with E-state index in [1.54, 1.807) is 13.2 Å². The number of aromatic nitrogens is 1. The van der Waals surface area contributed by atoms with Gasteiger partial charge in [0.1, 0.15) is 17.5 Å². The average Bonchev–Trinajstić information content (AvgIpc) is 2.81. The standard InChI is InChI=1S/C26H39N3O5/c1-5-7-20(25(33)27-12-13-34-4)19-9-6-8-18(14-19)15-26(2,3)28-16-24(32)21-10-11-23(31)22(17-30)29-21/h6,8-11,14,20,24,28,30-32H,5,7,12-13,15-17H2,1-4H3,(H,27,33). The van der Waals surface area contributed by atoms with E-state index in [4.69, 9.17) is 4.74 Å². The minimum Gasteiger partial charge on any atom is -0.506 e. The molecule has 0 radical (unpaired) electrons. The van der Waals surface area contributed by atoms with Gasteiger partial charge >= 0.3 is 0 Å². The van der Waals surface area contributed by atoms with Crippen molar-refractivity contribution in [3.05, 3.63) is 58.9 Å². The zero-order valence-corrected chi connectivity index (χ0v) is 20.7. The number of benzene rings is 1. The van der Waals surface area contributed by atoms with Crippen LogP contribution in [0.4, 0.5) is 0 Å². The van der Waals surface area contributed by atoms with Crippen LogP contribution in [0.15, 0.2) is 36.4 Å². The van der Waals surface area contributed by atoms with Gasteiger partial charge in [0.15, 0.2) is 0 Å². The normalized spacial score (nSPS) is 13.5. The van der Waals surface area contributed by atoms with Gasteiger partial charge in [-0.05, 0) is 49.9 Å². The summed E-state index contributed by atoms with van der Waals surface area (Å²) in [5, 5.41) is 35.8. The van der Waals surface area contributed by atoms with E-state index in [1.807, 2.05) is 18.2 Å². The van der Waals surface area contributed by atoms with Crippen LogP contribution < -0.4 is 10.6 Å². The molecule has 1 amide bonds. The van der Waals surface area contributed by atoms with Crippen molar-refractivity contribution < 1.29 is 24.9 Å². The summed E-state index contributed by atoms with van der Waals surface area (Å²) in [5.41, 5.74) is 2.28. The summed E-state index contributed by atoms with van der Waals surface area (Å²) < 4.78 is 5.03. The molecule has 8 heteroatoms. The Kier molecular flexibility index (Phi) is 10.9. The number of β-amino-alcohol motifs (C(OH)–C–C–N with tert-alkyl or cyclic N) is 1. The first-order chi connectivity index (χ1) is 16.2. The van der Waals surface area contributed by atoms with Crippen molar-refractivity contribution in [2.75, 3.05) is 26.8 Å². The third-order valence-corrected chi connectivity index (χ3v) is 5.74. The summed E-state index contributed by atoms with van der Waals surface area (Å²) in [5.74, 6) is -0.290. The maximum absolute atomic E-state index is 12.7. The van der Waals surface area contributed by atoms with Gasteiger partial charge in [-0.2, -0.15) is 0 Å². The molecule has 188 valence electrons. The van der Waals surface area contributed by atoms with Crippen LogP contribution in [0, 0.1) is 0 Å². The number of carbonyl (C=O) groups excluding carboxylic acids is 1. The summed E-state index contributed by atoms with van der Waals surface area (Å²) in [6, 6.07) is 11.1. The van der Waals surface area contributed by atoms with E-state index in [1.165, 1.54) is 6.07 Å². The number of rotatable bonds is 14. The van der Waals surface area contributed by atoms with Gasteiger partial charge in [0.2, 0.25) is 5.91 Å². The molecule has 1 heterocycles. The number of aliphatic hydroxyl groups excluding tert-OH is 2. The van der Waals surface area contributed by atoms with Crippen LogP contribution in [0.2, 0.25) is 0 Å². The zero-order valence-electron chi connectivity index (χ0n) is 20.7. The first kappa shape index (κ1) is 27.7. The molecule has 8 nitrogen and oxygen atoms in total. The Morgan fingerprint density at radius 2 is 2.00 bits per heavy atom. The minimum atomic E-state index is -0.888.